The molecule has 0 amide bonds. The van der Waals surface area contributed by atoms with Gasteiger partial charge in [-0.15, -0.1) is 11.6 Å². The van der Waals surface area contributed by atoms with Crippen molar-refractivity contribution in [1.29, 1.82) is 5.26 Å². The minimum Gasteiger partial charge on any atom is -0.197 e. The van der Waals surface area contributed by atoms with E-state index in [4.69, 9.17) is 11.6 Å². The zero-order valence-electron chi connectivity index (χ0n) is 10.2. The molecule has 0 N–H and O–H groups in total. The van der Waals surface area contributed by atoms with Crippen LogP contribution in [0.3, 0.4) is 0 Å². The van der Waals surface area contributed by atoms with Crippen LogP contribution in [-0.2, 0) is 5.41 Å². The van der Waals surface area contributed by atoms with Gasteiger partial charge in [-0.25, -0.2) is 0 Å². The first-order chi connectivity index (χ1) is 8.73. The molecule has 0 aliphatic carbocycles. The van der Waals surface area contributed by atoms with Crippen LogP contribution in [0.15, 0.2) is 54.6 Å². The van der Waals surface area contributed by atoms with E-state index in [1.54, 1.807) is 0 Å². The molecule has 2 rings (SSSR count). The number of halogens is 1. The highest BCUT2D eigenvalue weighted by atomic mass is 35.5. The van der Waals surface area contributed by atoms with Crippen LogP contribution >= 0.6 is 11.6 Å². The summed E-state index contributed by atoms with van der Waals surface area (Å²) >= 11 is 6.11. The molecule has 0 heterocycles. The third-order valence-electron chi connectivity index (χ3n) is 3.20. The average molecular weight is 256 g/mol. The van der Waals surface area contributed by atoms with Crippen molar-refractivity contribution in [3.8, 4) is 6.07 Å². The lowest BCUT2D eigenvalue weighted by Gasteiger charge is -2.25. The van der Waals surface area contributed by atoms with E-state index in [0.29, 0.717) is 0 Å². The molecule has 1 unspecified atom stereocenters. The summed E-state index contributed by atoms with van der Waals surface area (Å²) in [4.78, 5) is 0. The minimum atomic E-state index is -0.767. The van der Waals surface area contributed by atoms with Gasteiger partial charge in [-0.1, -0.05) is 60.2 Å². The molecule has 0 radical (unpaired) electrons. The van der Waals surface area contributed by atoms with Gasteiger partial charge in [0.2, 0.25) is 0 Å². The summed E-state index contributed by atoms with van der Waals surface area (Å²) < 4.78 is 0. The predicted octanol–water partition coefficient (Wildman–Crippen LogP) is 4.04. The summed E-state index contributed by atoms with van der Waals surface area (Å²) in [7, 11) is 0. The Labute approximate surface area is 113 Å². The standard InChI is InChI=1S/C16H14ClN/c1-13-7-9-15(10-8-13)16(11-17,12-18)14-5-3-2-4-6-14/h2-10H,11H2,1H3. The van der Waals surface area contributed by atoms with Crippen LogP contribution in [0, 0.1) is 18.3 Å². The molecular formula is C16H14ClN. The lowest BCUT2D eigenvalue weighted by Crippen LogP contribution is -2.27. The van der Waals surface area contributed by atoms with Crippen LogP contribution in [0.1, 0.15) is 16.7 Å². The number of nitriles is 1. The fraction of sp³-hybridized carbons (Fsp3) is 0.188. The first-order valence-electron chi connectivity index (χ1n) is 5.83. The highest BCUT2D eigenvalue weighted by Crippen LogP contribution is 2.33. The van der Waals surface area contributed by atoms with E-state index in [1.165, 1.54) is 5.56 Å². The van der Waals surface area contributed by atoms with Gasteiger partial charge in [0.25, 0.3) is 0 Å². The summed E-state index contributed by atoms with van der Waals surface area (Å²) in [6, 6.07) is 20.1. The Hall–Kier alpha value is -1.78. The minimum absolute atomic E-state index is 0.247. The normalized spacial score (nSPS) is 13.6. The second-order valence-electron chi connectivity index (χ2n) is 4.38. The highest BCUT2D eigenvalue weighted by Gasteiger charge is 2.33. The van der Waals surface area contributed by atoms with E-state index in [2.05, 4.69) is 6.07 Å². The smallest absolute Gasteiger partial charge is 0.121 e. The van der Waals surface area contributed by atoms with E-state index in [0.717, 1.165) is 11.1 Å². The Morgan fingerprint density at radius 2 is 1.56 bits per heavy atom. The van der Waals surface area contributed by atoms with Crippen molar-refractivity contribution in [2.24, 2.45) is 0 Å². The first kappa shape index (κ1) is 12.7. The van der Waals surface area contributed by atoms with Crippen molar-refractivity contribution >= 4 is 11.6 Å². The zero-order chi connectivity index (χ0) is 13.0. The van der Waals surface area contributed by atoms with Crippen molar-refractivity contribution in [1.82, 2.24) is 0 Å². The molecular weight excluding hydrogens is 242 g/mol. The fourth-order valence-corrected chi connectivity index (χ4v) is 2.41. The molecule has 2 aromatic rings. The first-order valence-corrected chi connectivity index (χ1v) is 6.36. The van der Waals surface area contributed by atoms with Crippen LogP contribution in [0.2, 0.25) is 0 Å². The number of nitrogens with zero attached hydrogens (tertiary/aromatic N) is 1. The Balaban J connectivity index is 2.58. The van der Waals surface area contributed by atoms with E-state index in [1.807, 2.05) is 61.5 Å². The second-order valence-corrected chi connectivity index (χ2v) is 4.65. The highest BCUT2D eigenvalue weighted by molar-refractivity contribution is 6.19. The Morgan fingerprint density at radius 3 is 2.06 bits per heavy atom. The van der Waals surface area contributed by atoms with Crippen LogP contribution < -0.4 is 0 Å². The molecule has 1 nitrogen and oxygen atoms in total. The van der Waals surface area contributed by atoms with Gasteiger partial charge in [-0.05, 0) is 18.1 Å². The van der Waals surface area contributed by atoms with E-state index < -0.39 is 5.41 Å². The monoisotopic (exact) mass is 255 g/mol. The van der Waals surface area contributed by atoms with Gasteiger partial charge in [0.15, 0.2) is 0 Å². The van der Waals surface area contributed by atoms with Gasteiger partial charge in [-0.2, -0.15) is 5.26 Å². The van der Waals surface area contributed by atoms with Gasteiger partial charge in [-0.3, -0.25) is 0 Å². The number of alkyl halides is 1. The lowest BCUT2D eigenvalue weighted by atomic mass is 9.77. The second kappa shape index (κ2) is 5.25. The summed E-state index contributed by atoms with van der Waals surface area (Å²) in [5.74, 6) is 0.247. The van der Waals surface area contributed by atoms with Gasteiger partial charge in [0.05, 0.1) is 6.07 Å². The molecule has 0 spiro atoms. The Kier molecular flexibility index (Phi) is 3.69. The van der Waals surface area contributed by atoms with E-state index >= 15 is 0 Å². The molecule has 0 aromatic heterocycles. The van der Waals surface area contributed by atoms with Crippen LogP contribution in [0.25, 0.3) is 0 Å². The maximum absolute atomic E-state index is 9.62. The largest absolute Gasteiger partial charge is 0.197 e. The van der Waals surface area contributed by atoms with Crippen LogP contribution in [-0.4, -0.2) is 5.88 Å². The van der Waals surface area contributed by atoms with Crippen molar-refractivity contribution in [2.45, 2.75) is 12.3 Å². The number of hydrogen-bond donors (Lipinski definition) is 0. The number of hydrogen-bond acceptors (Lipinski definition) is 1. The number of aryl methyl sites for hydroxylation is 1. The summed E-state index contributed by atoms with van der Waals surface area (Å²) in [6.45, 7) is 2.03. The summed E-state index contributed by atoms with van der Waals surface area (Å²) in [6.07, 6.45) is 0. The Bertz CT molecular complexity index is 554. The summed E-state index contributed by atoms with van der Waals surface area (Å²) in [5.41, 5.74) is 2.28. The number of benzene rings is 2. The van der Waals surface area contributed by atoms with Crippen molar-refractivity contribution in [3.05, 3.63) is 71.3 Å². The molecule has 18 heavy (non-hydrogen) atoms. The molecule has 0 aliphatic heterocycles. The molecule has 0 aliphatic rings. The molecule has 90 valence electrons. The van der Waals surface area contributed by atoms with Gasteiger partial charge in [0.1, 0.15) is 5.41 Å². The third-order valence-corrected chi connectivity index (χ3v) is 3.60. The molecule has 2 aromatic carbocycles. The maximum atomic E-state index is 9.62. The molecule has 0 bridgehead atoms. The SMILES string of the molecule is Cc1ccc(C(C#N)(CCl)c2ccccc2)cc1. The molecule has 0 saturated carbocycles. The van der Waals surface area contributed by atoms with Crippen molar-refractivity contribution in [3.63, 3.8) is 0 Å². The topological polar surface area (TPSA) is 23.8 Å². The summed E-state index contributed by atoms with van der Waals surface area (Å²) in [5, 5.41) is 9.62. The average Bonchev–Trinajstić information content (AvgIpc) is 2.44. The fourth-order valence-electron chi connectivity index (χ4n) is 2.04. The quantitative estimate of drug-likeness (QED) is 0.760. The zero-order valence-corrected chi connectivity index (χ0v) is 11.0. The van der Waals surface area contributed by atoms with Gasteiger partial charge < -0.3 is 0 Å². The molecule has 2 heteroatoms. The predicted molar refractivity (Wildman–Crippen MR) is 74.7 cm³/mol. The van der Waals surface area contributed by atoms with Crippen molar-refractivity contribution in [2.75, 3.05) is 5.88 Å². The van der Waals surface area contributed by atoms with Gasteiger partial charge in [0, 0.05) is 5.88 Å². The van der Waals surface area contributed by atoms with Gasteiger partial charge >= 0.3 is 0 Å². The van der Waals surface area contributed by atoms with E-state index in [9.17, 15) is 5.26 Å². The van der Waals surface area contributed by atoms with E-state index in [-0.39, 0.29) is 5.88 Å². The van der Waals surface area contributed by atoms with Crippen molar-refractivity contribution < 1.29 is 0 Å². The molecule has 1 atom stereocenters. The Morgan fingerprint density at radius 1 is 1.00 bits per heavy atom. The maximum Gasteiger partial charge on any atom is 0.121 e. The van der Waals surface area contributed by atoms with Crippen LogP contribution in [0.4, 0.5) is 0 Å². The van der Waals surface area contributed by atoms with Crippen LogP contribution in [0.5, 0.6) is 0 Å². The lowest BCUT2D eigenvalue weighted by molar-refractivity contribution is 0.748. The number of rotatable bonds is 3. The third kappa shape index (κ3) is 2.12. The molecule has 0 fully saturated rings. The molecule has 0 saturated heterocycles.